The molecule has 0 aliphatic heterocycles. The van der Waals surface area contributed by atoms with E-state index in [2.05, 4.69) is 10.3 Å². The van der Waals surface area contributed by atoms with Gasteiger partial charge in [-0.05, 0) is 31.5 Å². The van der Waals surface area contributed by atoms with Crippen LogP contribution in [0.2, 0.25) is 0 Å². The lowest BCUT2D eigenvalue weighted by atomic mass is 10.0. The number of nitrogens with one attached hydrogen (secondary N) is 1. The van der Waals surface area contributed by atoms with Crippen molar-refractivity contribution in [3.05, 3.63) is 36.4 Å². The fraction of sp³-hybridized carbons (Fsp3) is 0.357. The summed E-state index contributed by atoms with van der Waals surface area (Å²) in [5.41, 5.74) is 1.77. The molecular formula is C14H17N3O2. The number of nitrogens with zero attached hydrogens (tertiary/aromatic N) is 2. The van der Waals surface area contributed by atoms with Crippen molar-refractivity contribution in [1.82, 2.24) is 10.3 Å². The molecule has 0 radical (unpaired) electrons. The quantitative estimate of drug-likeness (QED) is 0.791. The Morgan fingerprint density at radius 1 is 1.58 bits per heavy atom. The molecule has 0 aliphatic rings. The molecule has 1 aromatic rings. The predicted molar refractivity (Wildman–Crippen MR) is 71.7 cm³/mol. The smallest absolute Gasteiger partial charge is 0.234 e. The lowest BCUT2D eigenvalue weighted by Gasteiger charge is -2.17. The first kappa shape index (κ1) is 14.7. The topological polar surface area (TPSA) is 75.0 Å². The number of hydrogen-bond acceptors (Lipinski definition) is 4. The van der Waals surface area contributed by atoms with Gasteiger partial charge in [-0.15, -0.1) is 0 Å². The van der Waals surface area contributed by atoms with Crippen molar-refractivity contribution in [2.24, 2.45) is 0 Å². The van der Waals surface area contributed by atoms with E-state index in [1.54, 1.807) is 18.7 Å². The third-order valence-corrected chi connectivity index (χ3v) is 2.47. The van der Waals surface area contributed by atoms with Crippen LogP contribution in [0.5, 0.6) is 0 Å². The molecular weight excluding hydrogens is 242 g/mol. The minimum absolute atomic E-state index is 0.150. The van der Waals surface area contributed by atoms with Gasteiger partial charge in [0.05, 0.1) is 25.0 Å². The summed E-state index contributed by atoms with van der Waals surface area (Å²) in [6.45, 7) is 4.29. The predicted octanol–water partition coefficient (Wildman–Crippen LogP) is 1.88. The first-order valence-electron chi connectivity index (χ1n) is 6.07. The zero-order valence-corrected chi connectivity index (χ0v) is 11.1. The highest BCUT2D eigenvalue weighted by molar-refractivity contribution is 5.81. The summed E-state index contributed by atoms with van der Waals surface area (Å²) in [4.78, 5) is 15.4. The maximum atomic E-state index is 11.4. The van der Waals surface area contributed by atoms with E-state index in [1.165, 1.54) is 0 Å². The maximum Gasteiger partial charge on any atom is 0.234 e. The third-order valence-electron chi connectivity index (χ3n) is 2.47. The molecule has 1 unspecified atom stereocenters. The Kier molecular flexibility index (Phi) is 6.10. The molecule has 1 rings (SSSR count). The van der Waals surface area contributed by atoms with Crippen molar-refractivity contribution in [3.63, 3.8) is 0 Å². The largest absolute Gasteiger partial charge is 0.501 e. The van der Waals surface area contributed by atoms with E-state index in [0.717, 1.165) is 11.1 Å². The minimum atomic E-state index is -0.300. The van der Waals surface area contributed by atoms with Crippen LogP contribution < -0.4 is 5.32 Å². The summed E-state index contributed by atoms with van der Waals surface area (Å²) in [5, 5.41) is 11.2. The molecule has 1 atom stereocenters. The molecule has 0 spiro atoms. The van der Waals surface area contributed by atoms with Gasteiger partial charge in [-0.3, -0.25) is 9.78 Å². The Morgan fingerprint density at radius 3 is 2.84 bits per heavy atom. The van der Waals surface area contributed by atoms with Crippen molar-refractivity contribution in [1.29, 1.82) is 5.26 Å². The highest BCUT2D eigenvalue weighted by Crippen LogP contribution is 2.17. The van der Waals surface area contributed by atoms with Gasteiger partial charge in [0.15, 0.2) is 0 Å². The number of pyridine rings is 1. The number of rotatable bonds is 6. The van der Waals surface area contributed by atoms with Crippen LogP contribution in [0.4, 0.5) is 0 Å². The van der Waals surface area contributed by atoms with Gasteiger partial charge >= 0.3 is 0 Å². The highest BCUT2D eigenvalue weighted by atomic mass is 16.5. The second-order valence-electron chi connectivity index (χ2n) is 3.89. The summed E-state index contributed by atoms with van der Waals surface area (Å²) in [5.74, 6) is -0.300. The van der Waals surface area contributed by atoms with Crippen LogP contribution in [0.3, 0.4) is 0 Å². The van der Waals surface area contributed by atoms with Crippen LogP contribution in [-0.2, 0) is 9.53 Å². The second-order valence-corrected chi connectivity index (χ2v) is 3.89. The Morgan fingerprint density at radius 2 is 2.26 bits per heavy atom. The SMILES string of the molecule is CCO/C=C(/c1ccncc1)C(C)NC(=O)CC#N. The van der Waals surface area contributed by atoms with Crippen LogP contribution in [0.1, 0.15) is 25.8 Å². The molecule has 0 saturated heterocycles. The van der Waals surface area contributed by atoms with Crippen molar-refractivity contribution in [2.75, 3.05) is 6.61 Å². The van der Waals surface area contributed by atoms with Crippen LogP contribution in [0.25, 0.3) is 5.57 Å². The van der Waals surface area contributed by atoms with Crippen molar-refractivity contribution < 1.29 is 9.53 Å². The Labute approximate surface area is 112 Å². The molecule has 0 aliphatic carbocycles. The fourth-order valence-electron chi connectivity index (χ4n) is 1.58. The number of hydrogen-bond donors (Lipinski definition) is 1. The molecule has 19 heavy (non-hydrogen) atoms. The van der Waals surface area contributed by atoms with Crippen LogP contribution >= 0.6 is 0 Å². The molecule has 0 saturated carbocycles. The molecule has 1 N–H and O–H groups in total. The van der Waals surface area contributed by atoms with Crippen molar-refractivity contribution >= 4 is 11.5 Å². The number of carbonyl (C=O) groups is 1. The Bertz CT molecular complexity index is 477. The summed E-state index contributed by atoms with van der Waals surface area (Å²) in [6.07, 6.45) is 4.84. The van der Waals surface area contributed by atoms with E-state index in [-0.39, 0.29) is 18.4 Å². The molecule has 0 bridgehead atoms. The van der Waals surface area contributed by atoms with Gasteiger partial charge in [-0.25, -0.2) is 0 Å². The van der Waals surface area contributed by atoms with Gasteiger partial charge in [0.1, 0.15) is 6.42 Å². The van der Waals surface area contributed by atoms with Crippen LogP contribution in [0, 0.1) is 11.3 Å². The maximum absolute atomic E-state index is 11.4. The fourth-order valence-corrected chi connectivity index (χ4v) is 1.58. The molecule has 0 fully saturated rings. The number of ether oxygens (including phenoxy) is 1. The van der Waals surface area contributed by atoms with E-state index in [0.29, 0.717) is 6.61 Å². The Hall–Kier alpha value is -2.35. The van der Waals surface area contributed by atoms with E-state index in [4.69, 9.17) is 10.00 Å². The average Bonchev–Trinajstić information content (AvgIpc) is 2.40. The van der Waals surface area contributed by atoms with Crippen LogP contribution in [-0.4, -0.2) is 23.5 Å². The number of aromatic nitrogens is 1. The summed E-state index contributed by atoms with van der Waals surface area (Å²) < 4.78 is 5.31. The summed E-state index contributed by atoms with van der Waals surface area (Å²) >= 11 is 0. The molecule has 1 heterocycles. The average molecular weight is 259 g/mol. The molecule has 100 valence electrons. The molecule has 1 amide bonds. The molecule has 0 aromatic carbocycles. The molecule has 5 heteroatoms. The third kappa shape index (κ3) is 4.80. The number of nitriles is 1. The van der Waals surface area contributed by atoms with Crippen molar-refractivity contribution in [2.45, 2.75) is 26.3 Å². The van der Waals surface area contributed by atoms with E-state index < -0.39 is 0 Å². The first-order chi connectivity index (χ1) is 9.19. The monoisotopic (exact) mass is 259 g/mol. The second kappa shape index (κ2) is 7.88. The zero-order chi connectivity index (χ0) is 14.1. The minimum Gasteiger partial charge on any atom is -0.501 e. The molecule has 5 nitrogen and oxygen atoms in total. The first-order valence-corrected chi connectivity index (χ1v) is 6.07. The molecule has 1 aromatic heterocycles. The Balaban J connectivity index is 2.86. The van der Waals surface area contributed by atoms with Gasteiger partial charge in [-0.1, -0.05) is 0 Å². The van der Waals surface area contributed by atoms with Gasteiger partial charge < -0.3 is 10.1 Å². The van der Waals surface area contributed by atoms with E-state index in [1.807, 2.05) is 32.0 Å². The lowest BCUT2D eigenvalue weighted by molar-refractivity contribution is -0.120. The number of carbonyl (C=O) groups excluding carboxylic acids is 1. The number of amides is 1. The van der Waals surface area contributed by atoms with Gasteiger partial charge in [0.2, 0.25) is 5.91 Å². The lowest BCUT2D eigenvalue weighted by Crippen LogP contribution is -2.33. The summed E-state index contributed by atoms with van der Waals surface area (Å²) in [7, 11) is 0. The van der Waals surface area contributed by atoms with E-state index in [9.17, 15) is 4.79 Å². The standard InChI is InChI=1S/C14H17N3O2/c1-3-19-10-13(12-5-8-16-9-6-12)11(2)17-14(18)4-7-15/h5-6,8-11H,3-4H2,1-2H3,(H,17,18)/b13-10+. The van der Waals surface area contributed by atoms with Crippen molar-refractivity contribution in [3.8, 4) is 6.07 Å². The highest BCUT2D eigenvalue weighted by Gasteiger charge is 2.14. The van der Waals surface area contributed by atoms with Gasteiger partial charge in [-0.2, -0.15) is 5.26 Å². The van der Waals surface area contributed by atoms with Crippen LogP contribution in [0.15, 0.2) is 30.8 Å². The van der Waals surface area contributed by atoms with E-state index >= 15 is 0 Å². The van der Waals surface area contributed by atoms with Gasteiger partial charge in [0, 0.05) is 18.0 Å². The zero-order valence-electron chi connectivity index (χ0n) is 11.1. The normalized spacial score (nSPS) is 12.4. The summed E-state index contributed by atoms with van der Waals surface area (Å²) in [6, 6.07) is 5.27. The van der Waals surface area contributed by atoms with Gasteiger partial charge in [0.25, 0.3) is 0 Å².